The molecule has 0 spiro atoms. The summed E-state index contributed by atoms with van der Waals surface area (Å²) in [6, 6.07) is 0. The maximum atomic E-state index is 5.08. The summed E-state index contributed by atoms with van der Waals surface area (Å²) in [5, 5.41) is 0. The molecule has 0 saturated heterocycles. The van der Waals surface area contributed by atoms with Gasteiger partial charge in [0.25, 0.3) is 0 Å². The summed E-state index contributed by atoms with van der Waals surface area (Å²) >= 11 is -4.08. The maximum absolute atomic E-state index is 5.08. The van der Waals surface area contributed by atoms with Crippen molar-refractivity contribution in [2.75, 3.05) is 0 Å². The Morgan fingerprint density at radius 2 is 1.00 bits per heavy atom. The van der Waals surface area contributed by atoms with E-state index in [2.05, 4.69) is 0 Å². The van der Waals surface area contributed by atoms with Crippen molar-refractivity contribution in [3.8, 4) is 0 Å². The predicted octanol–water partition coefficient (Wildman–Crippen LogP) is -2.50. The minimum absolute atomic E-state index is 0. The Morgan fingerprint density at radius 3 is 1.00 bits per heavy atom. The van der Waals surface area contributed by atoms with Crippen LogP contribution in [0.15, 0.2) is 0 Å². The van der Waals surface area contributed by atoms with Gasteiger partial charge in [-0.3, -0.25) is 0 Å². The molecule has 7 heteroatoms. The van der Waals surface area contributed by atoms with E-state index in [1.54, 1.807) is 0 Å². The van der Waals surface area contributed by atoms with Gasteiger partial charge in [0, 0.05) is 0 Å². The molecule has 0 saturated carbocycles. The van der Waals surface area contributed by atoms with Crippen molar-refractivity contribution in [1.82, 2.24) is 0 Å². The molecule has 0 fully saturated rings. The number of nitrogens with two attached hydrogens (primary N) is 4. The molecule has 0 aromatic heterocycles. The van der Waals surface area contributed by atoms with Gasteiger partial charge in [0.05, 0.1) is 0 Å². The van der Waals surface area contributed by atoms with Crippen LogP contribution in [-0.4, -0.2) is 5.48 Å². The van der Waals surface area contributed by atoms with Crippen molar-refractivity contribution in [2.24, 2.45) is 17.2 Å². The second kappa shape index (κ2) is 1.95. The summed E-state index contributed by atoms with van der Waals surface area (Å²) in [6.45, 7) is 0. The Balaban J connectivity index is 0. The first-order valence-corrected chi connectivity index (χ1v) is 8.91. The third-order valence-corrected chi connectivity index (χ3v) is 0. The van der Waals surface area contributed by atoms with Crippen LogP contribution < -0.4 is 17.2 Å². The Morgan fingerprint density at radius 1 is 1.00 bits per heavy atom. The van der Waals surface area contributed by atoms with Crippen LogP contribution in [-0.2, 0) is 14.8 Å². The van der Waals surface area contributed by atoms with Crippen LogP contribution in [0.3, 0.4) is 0 Å². The normalized spacial score (nSPS) is 16.4. The topological polar surface area (TPSA) is 136 Å². The molecular formula is H10ClN4OPt. The minimum atomic E-state index is -4.08. The van der Waals surface area contributed by atoms with Gasteiger partial charge in [-0.15, -0.1) is 0 Å². The molecule has 0 aliphatic rings. The first-order valence-electron chi connectivity index (χ1n) is 0.850. The van der Waals surface area contributed by atoms with Gasteiger partial charge < -0.3 is 5.48 Å². The van der Waals surface area contributed by atoms with Crippen LogP contribution in [0.2, 0.25) is 0 Å². The molecule has 0 radical (unpaired) electrons. The molecule has 7 heavy (non-hydrogen) atoms. The Hall–Kier alpha value is 0.778. The van der Waals surface area contributed by atoms with E-state index < -0.39 is 14.8 Å². The molecule has 0 amide bonds. The average molecular weight is 313 g/mol. The van der Waals surface area contributed by atoms with Gasteiger partial charge in [0.1, 0.15) is 0 Å². The second-order valence-electron chi connectivity index (χ2n) is 0.908. The van der Waals surface area contributed by atoms with Gasteiger partial charge in [-0.1, -0.05) is 0 Å². The van der Waals surface area contributed by atoms with Crippen LogP contribution in [0.1, 0.15) is 0 Å². The van der Waals surface area contributed by atoms with E-state index in [4.69, 9.17) is 26.6 Å². The zero-order valence-electron chi connectivity index (χ0n) is 3.50. The summed E-state index contributed by atoms with van der Waals surface area (Å²) in [5.41, 5.74) is 0. The summed E-state index contributed by atoms with van der Waals surface area (Å²) in [6.07, 6.45) is 0. The molecule has 0 bridgehead atoms. The molecule has 0 aromatic carbocycles. The summed E-state index contributed by atoms with van der Waals surface area (Å²) < 4.78 is 19.5. The first-order chi connectivity index (χ1) is 2.24. The third-order valence-electron chi connectivity index (χ3n) is 0. The van der Waals surface area contributed by atoms with Gasteiger partial charge in [0.15, 0.2) is 0 Å². The van der Waals surface area contributed by atoms with Crippen LogP contribution in [0.4, 0.5) is 0 Å². The molecule has 10 N–H and O–H groups in total. The van der Waals surface area contributed by atoms with Gasteiger partial charge in [-0.05, 0) is 0 Å². The standard InChI is InChI=1S/ClH.4H2N.H2O.Pt/h1H;5*1H2;/q;4*-1;;+5/p-1. The van der Waals surface area contributed by atoms with E-state index in [0.29, 0.717) is 0 Å². The Kier molecular flexibility index (Phi) is 2.98. The number of hydrogen-bond donors (Lipinski definition) is 4. The zero-order valence-corrected chi connectivity index (χ0v) is 6.53. The van der Waals surface area contributed by atoms with Crippen molar-refractivity contribution in [3.63, 3.8) is 0 Å². The van der Waals surface area contributed by atoms with Crippen LogP contribution in [0.25, 0.3) is 0 Å². The van der Waals surface area contributed by atoms with Crippen LogP contribution >= 0.6 is 9.42 Å². The van der Waals surface area contributed by atoms with Crippen molar-refractivity contribution >= 4 is 9.42 Å². The van der Waals surface area contributed by atoms with Gasteiger partial charge in [-0.25, -0.2) is 0 Å². The fourth-order valence-corrected chi connectivity index (χ4v) is 0. The van der Waals surface area contributed by atoms with Gasteiger partial charge >= 0.3 is 41.4 Å². The molecule has 0 aliphatic heterocycles. The molecular weight excluding hydrogens is 303 g/mol. The summed E-state index contributed by atoms with van der Waals surface area (Å²) in [4.78, 5) is 0. The molecule has 0 aromatic rings. The fourth-order valence-electron chi connectivity index (χ4n) is 0. The average Bonchev–Trinajstić information content (AvgIpc) is 0.650. The van der Waals surface area contributed by atoms with E-state index in [1.165, 1.54) is 0 Å². The number of halogens is 1. The zero-order chi connectivity index (χ0) is 5.45. The quantitative estimate of drug-likeness (QED) is 0.393. The van der Waals surface area contributed by atoms with E-state index in [1.807, 2.05) is 0 Å². The van der Waals surface area contributed by atoms with Crippen molar-refractivity contribution in [2.45, 2.75) is 0 Å². The van der Waals surface area contributed by atoms with Crippen molar-refractivity contribution in [1.29, 1.82) is 0 Å². The summed E-state index contributed by atoms with van der Waals surface area (Å²) in [7, 11) is 5.08. The predicted molar refractivity (Wildman–Crippen MR) is 26.2 cm³/mol. The molecule has 0 rings (SSSR count). The molecule has 53 valence electrons. The number of hydrogen-bond acceptors (Lipinski definition) is 4. The SMILES string of the molecule is O.[NH2][Pt]([NH2])([NH2])([NH2])[Cl]. The van der Waals surface area contributed by atoms with Crippen LogP contribution in [0.5, 0.6) is 0 Å². The fraction of sp³-hybridized carbons (Fsp3) is 0. The van der Waals surface area contributed by atoms with E-state index >= 15 is 0 Å². The van der Waals surface area contributed by atoms with E-state index in [-0.39, 0.29) is 5.48 Å². The molecule has 0 unspecified atom stereocenters. The van der Waals surface area contributed by atoms with Crippen molar-refractivity contribution < 1.29 is 20.2 Å². The first kappa shape index (κ1) is 10.7. The van der Waals surface area contributed by atoms with Gasteiger partial charge in [-0.2, -0.15) is 0 Å². The van der Waals surface area contributed by atoms with E-state index in [9.17, 15) is 0 Å². The monoisotopic (exact) mass is 312 g/mol. The molecule has 5 nitrogen and oxygen atoms in total. The molecule has 0 atom stereocenters. The van der Waals surface area contributed by atoms with Gasteiger partial charge in [0.2, 0.25) is 0 Å². The second-order valence-corrected chi connectivity index (χ2v) is 12.0. The van der Waals surface area contributed by atoms with E-state index in [0.717, 1.165) is 0 Å². The van der Waals surface area contributed by atoms with Crippen LogP contribution in [0, 0.1) is 0 Å². The number of rotatable bonds is 0. The molecule has 0 heterocycles. The Labute approximate surface area is 47.2 Å². The Bertz CT molecular complexity index is 44.9. The third kappa shape index (κ3) is 255. The molecule has 0 aliphatic carbocycles. The summed E-state index contributed by atoms with van der Waals surface area (Å²) in [5.74, 6) is 0. The van der Waals surface area contributed by atoms with Crippen molar-refractivity contribution in [3.05, 3.63) is 0 Å².